The van der Waals surface area contributed by atoms with Gasteiger partial charge in [0.15, 0.2) is 0 Å². The number of carboxylic acids is 3. The molecule has 0 aromatic rings. The smallest absolute Gasteiger partial charge is 0.756 e. The fourth-order valence-corrected chi connectivity index (χ4v) is 0.684. The van der Waals surface area contributed by atoms with Crippen LogP contribution in [-0.2, 0) is 18.9 Å². The van der Waals surface area contributed by atoms with Crippen molar-refractivity contribution in [2.45, 2.75) is 18.4 Å². The molecule has 0 fully saturated rings. The first-order valence-electron chi connectivity index (χ1n) is 3.88. The van der Waals surface area contributed by atoms with Gasteiger partial charge >= 0.3 is 75.5 Å². The summed E-state index contributed by atoms with van der Waals surface area (Å²) in [5.41, 5.74) is -2.97. The Kier molecular flexibility index (Phi) is 18.2. The molecule has 0 unspecified atom stereocenters. The van der Waals surface area contributed by atoms with E-state index >= 15 is 0 Å². The van der Waals surface area contributed by atoms with Crippen molar-refractivity contribution in [2.24, 2.45) is 0 Å². The summed E-state index contributed by atoms with van der Waals surface area (Å²) in [7, 11) is -4.89. The van der Waals surface area contributed by atoms with Crippen LogP contribution in [0.1, 0.15) is 12.8 Å². The average molecular weight is 366 g/mol. The third-order valence-corrected chi connectivity index (χ3v) is 1.25. The summed E-state index contributed by atoms with van der Waals surface area (Å²) < 4.78 is 8.77. The molecule has 0 atom stereocenters. The Labute approximate surface area is 171 Å². The number of rotatable bonds is 5. The Balaban J connectivity index is -0.000000158. The van der Waals surface area contributed by atoms with Crippen molar-refractivity contribution >= 4 is 101 Å². The normalized spacial score (nSPS) is 10.0. The van der Waals surface area contributed by atoms with Crippen molar-refractivity contribution in [3.8, 4) is 0 Å². The van der Waals surface area contributed by atoms with Crippen LogP contribution in [0, 0.1) is 0 Å². The Morgan fingerprint density at radius 3 is 1.25 bits per heavy atom. The molecule has 0 heterocycles. The van der Waals surface area contributed by atoms with Crippen molar-refractivity contribution in [3.63, 3.8) is 0 Å². The quantitative estimate of drug-likeness (QED) is 0.306. The van der Waals surface area contributed by atoms with E-state index in [9.17, 15) is 29.7 Å². The van der Waals surface area contributed by atoms with Gasteiger partial charge in [0.05, 0.1) is 5.97 Å². The summed E-state index contributed by atoms with van der Waals surface area (Å²) >= 11 is 0. The number of carboxylic acid groups (broad SMARTS) is 3. The number of carbonyl (C=O) groups is 3. The van der Waals surface area contributed by atoms with E-state index in [1.54, 1.807) is 0 Å². The molecule has 3 N–H and O–H groups in total. The molecule has 106 valence electrons. The molecule has 20 heavy (non-hydrogen) atoms. The van der Waals surface area contributed by atoms with Crippen molar-refractivity contribution in [1.29, 1.82) is 0 Å². The zero-order valence-corrected chi connectivity index (χ0v) is 15.2. The summed E-state index contributed by atoms with van der Waals surface area (Å²) in [4.78, 5) is 52.9. The fraction of sp³-hybridized carbons (Fsp3) is 0.500. The fourth-order valence-electron chi connectivity index (χ4n) is 0.684. The molecule has 0 saturated carbocycles. The van der Waals surface area contributed by atoms with Crippen molar-refractivity contribution < 1.29 is 54.1 Å². The van der Waals surface area contributed by atoms with Gasteiger partial charge in [-0.3, -0.25) is 4.57 Å². The van der Waals surface area contributed by atoms with Gasteiger partial charge in [0.1, 0.15) is 5.60 Å². The summed E-state index contributed by atoms with van der Waals surface area (Å²) in [5, 5.41) is 38.9. The van der Waals surface area contributed by atoms with E-state index in [-0.39, 0.29) is 75.5 Å². The minimum Gasteiger partial charge on any atom is -0.756 e. The third-order valence-electron chi connectivity index (χ3n) is 1.25. The predicted molar refractivity (Wildman–Crippen MR) is 52.8 cm³/mol. The van der Waals surface area contributed by atoms with E-state index in [1.807, 2.05) is 0 Å². The van der Waals surface area contributed by atoms with Gasteiger partial charge in [-0.15, -0.1) is 0 Å². The molecule has 0 aromatic carbocycles. The molecule has 0 rings (SSSR count). The van der Waals surface area contributed by atoms with Crippen molar-refractivity contribution in [3.05, 3.63) is 0 Å². The van der Waals surface area contributed by atoms with Crippen molar-refractivity contribution in [2.75, 3.05) is 0 Å². The Bertz CT molecular complexity index is 353. The van der Waals surface area contributed by atoms with Gasteiger partial charge in [-0.1, -0.05) is 0 Å². The van der Waals surface area contributed by atoms with Crippen LogP contribution in [0.2, 0.25) is 0 Å². The van der Waals surface area contributed by atoms with Crippen LogP contribution < -0.4 is 20.2 Å². The second-order valence-corrected chi connectivity index (χ2v) is 3.89. The minimum atomic E-state index is -4.89. The molecule has 0 amide bonds. The van der Waals surface area contributed by atoms with Crippen LogP contribution in [0.25, 0.3) is 0 Å². The van der Waals surface area contributed by atoms with E-state index < -0.39 is 44.2 Å². The molecule has 0 spiro atoms. The maximum atomic E-state index is 10.1. The molecule has 0 radical (unpaired) electrons. The van der Waals surface area contributed by atoms with Gasteiger partial charge in [0, 0.05) is 24.8 Å². The first-order valence-corrected chi connectivity index (χ1v) is 5.41. The predicted octanol–water partition coefficient (Wildman–Crippen LogP) is -7.57. The number of phosphoric acid groups is 1. The topological polar surface area (TPSA) is 221 Å². The van der Waals surface area contributed by atoms with Gasteiger partial charge in [-0.25, -0.2) is 0 Å². The molecule has 0 aliphatic carbocycles. The maximum absolute atomic E-state index is 10.1. The van der Waals surface area contributed by atoms with Gasteiger partial charge in [-0.05, 0) is 0 Å². The molecule has 0 aliphatic heterocycles. The Morgan fingerprint density at radius 2 is 1.15 bits per heavy atom. The number of hydrogen-bond acceptors (Lipinski definition) is 9. The van der Waals surface area contributed by atoms with Gasteiger partial charge in [-0.2, -0.15) is 0 Å². The maximum Gasteiger partial charge on any atom is 2.00 e. The summed E-state index contributed by atoms with van der Waals surface area (Å²) in [6.45, 7) is 0. The van der Waals surface area contributed by atoms with Gasteiger partial charge in [0.25, 0.3) is 7.82 Å². The Hall–Kier alpha value is 0.999. The second kappa shape index (κ2) is 12.5. The SMILES string of the molecule is O=C([O-])CC(O)(CC(=O)[O-])C(=O)[O-].O=P([O-])(O)O.[Ca+2].[Ca+2]. The molecular weight excluding hydrogens is 359 g/mol. The zero-order valence-electron chi connectivity index (χ0n) is 9.88. The molecule has 11 nitrogen and oxygen atoms in total. The first kappa shape index (κ1) is 29.1. The number of carbonyl (C=O) groups excluding carboxylic acids is 3. The molecule has 0 saturated heterocycles. The monoisotopic (exact) mass is 366 g/mol. The van der Waals surface area contributed by atoms with Gasteiger partial charge in [0.2, 0.25) is 0 Å². The summed E-state index contributed by atoms with van der Waals surface area (Å²) in [6.07, 6.45) is -2.72. The molecule has 0 aliphatic rings. The van der Waals surface area contributed by atoms with E-state index in [1.165, 1.54) is 0 Å². The molecule has 14 heteroatoms. The van der Waals surface area contributed by atoms with Crippen LogP contribution in [0.4, 0.5) is 0 Å². The Morgan fingerprint density at radius 1 is 0.950 bits per heavy atom. The van der Waals surface area contributed by atoms with E-state index in [0.29, 0.717) is 0 Å². The molecular formula is C6H7Ca2O11P. The van der Waals surface area contributed by atoms with E-state index in [4.69, 9.17) is 24.4 Å². The second-order valence-electron chi connectivity index (χ2n) is 2.91. The van der Waals surface area contributed by atoms with Crippen LogP contribution in [0.15, 0.2) is 0 Å². The van der Waals surface area contributed by atoms with E-state index in [0.717, 1.165) is 0 Å². The van der Waals surface area contributed by atoms with E-state index in [2.05, 4.69) is 0 Å². The first-order chi connectivity index (χ1) is 7.78. The van der Waals surface area contributed by atoms with Crippen molar-refractivity contribution in [1.82, 2.24) is 0 Å². The number of aliphatic carboxylic acids is 3. The number of aliphatic hydroxyl groups is 1. The zero-order chi connectivity index (χ0) is 15.1. The standard InChI is InChI=1S/C6H8O7.2Ca.H3O4P/c7-3(8)1-6(13,5(11)12)2-4(9)10;;;1-5(2,3)4/h13H,1-2H2,(H,7,8)(H,9,10)(H,11,12);;;(H3,1,2,3,4)/q;2*+2;/p-4. The van der Waals surface area contributed by atoms with Crippen LogP contribution in [-0.4, -0.2) is 114 Å². The minimum absolute atomic E-state index is 0. The van der Waals surface area contributed by atoms with Crippen LogP contribution in [0.3, 0.4) is 0 Å². The largest absolute Gasteiger partial charge is 2.00 e. The molecule has 0 bridgehead atoms. The molecule has 0 aromatic heterocycles. The summed E-state index contributed by atoms with van der Waals surface area (Å²) in [6, 6.07) is 0. The average Bonchev–Trinajstić information content (AvgIpc) is 1.95. The van der Waals surface area contributed by atoms with Crippen LogP contribution >= 0.6 is 7.82 Å². The third kappa shape index (κ3) is 21.3. The van der Waals surface area contributed by atoms with Crippen LogP contribution in [0.5, 0.6) is 0 Å². The summed E-state index contributed by atoms with van der Waals surface area (Å²) in [5.74, 6) is -5.98. The number of hydrogen-bond donors (Lipinski definition) is 3. The van der Waals surface area contributed by atoms with Gasteiger partial charge < -0.3 is 49.5 Å².